The van der Waals surface area contributed by atoms with E-state index in [0.717, 1.165) is 24.3 Å². The summed E-state index contributed by atoms with van der Waals surface area (Å²) in [6.07, 6.45) is 1.62. The van der Waals surface area contributed by atoms with Crippen molar-refractivity contribution >= 4 is 0 Å². The third-order valence-electron chi connectivity index (χ3n) is 2.34. The molecule has 17 heavy (non-hydrogen) atoms. The van der Waals surface area contributed by atoms with Crippen LogP contribution in [0.25, 0.3) is 5.69 Å². The molecule has 0 saturated heterocycles. The molecular formula is C11H15N5O. The van der Waals surface area contributed by atoms with Crippen LogP contribution in [0.3, 0.4) is 0 Å². The van der Waals surface area contributed by atoms with E-state index in [9.17, 15) is 0 Å². The predicted molar refractivity (Wildman–Crippen MR) is 63.1 cm³/mol. The van der Waals surface area contributed by atoms with Crippen LogP contribution < -0.4 is 10.5 Å². The summed E-state index contributed by atoms with van der Waals surface area (Å²) in [5.74, 6) is 1.47. The van der Waals surface area contributed by atoms with E-state index < -0.39 is 0 Å². The Morgan fingerprint density at radius 2 is 2.29 bits per heavy atom. The lowest BCUT2D eigenvalue weighted by Crippen LogP contribution is -2.02. The number of hydrogen-bond donors (Lipinski definition) is 1. The number of nitrogens with two attached hydrogens (primary N) is 1. The van der Waals surface area contributed by atoms with Gasteiger partial charge in [-0.25, -0.2) is 0 Å². The molecule has 0 spiro atoms. The van der Waals surface area contributed by atoms with Gasteiger partial charge in [0.25, 0.3) is 0 Å². The van der Waals surface area contributed by atoms with E-state index in [2.05, 4.69) is 15.4 Å². The average molecular weight is 233 g/mol. The van der Waals surface area contributed by atoms with E-state index in [1.54, 1.807) is 7.11 Å². The molecule has 0 aliphatic carbocycles. The Kier molecular flexibility index (Phi) is 3.66. The van der Waals surface area contributed by atoms with Crippen molar-refractivity contribution in [3.05, 3.63) is 30.1 Å². The van der Waals surface area contributed by atoms with Crippen molar-refractivity contribution in [1.29, 1.82) is 0 Å². The minimum atomic E-state index is 0.633. The molecular weight excluding hydrogens is 218 g/mol. The molecule has 0 bridgehead atoms. The number of aryl methyl sites for hydroxylation is 1. The normalized spacial score (nSPS) is 10.5. The fourth-order valence-corrected chi connectivity index (χ4v) is 1.45. The molecule has 1 heterocycles. The molecule has 1 aromatic heterocycles. The summed E-state index contributed by atoms with van der Waals surface area (Å²) in [7, 11) is 1.63. The van der Waals surface area contributed by atoms with Crippen molar-refractivity contribution in [1.82, 2.24) is 20.2 Å². The van der Waals surface area contributed by atoms with E-state index in [0.29, 0.717) is 12.4 Å². The van der Waals surface area contributed by atoms with Gasteiger partial charge in [0.15, 0.2) is 5.82 Å². The van der Waals surface area contributed by atoms with Crippen molar-refractivity contribution in [2.45, 2.75) is 12.8 Å². The van der Waals surface area contributed by atoms with Gasteiger partial charge in [-0.3, -0.25) is 0 Å². The number of methoxy groups -OCH3 is 1. The summed E-state index contributed by atoms with van der Waals surface area (Å²) in [6.45, 7) is 0.633. The molecule has 2 aromatic rings. The van der Waals surface area contributed by atoms with Crippen molar-refractivity contribution in [2.24, 2.45) is 5.73 Å². The number of ether oxygens (including phenoxy) is 1. The van der Waals surface area contributed by atoms with E-state index in [1.807, 2.05) is 24.3 Å². The summed E-state index contributed by atoms with van der Waals surface area (Å²) in [5.41, 5.74) is 6.26. The summed E-state index contributed by atoms with van der Waals surface area (Å²) >= 11 is 0. The molecule has 0 aliphatic heterocycles. The Morgan fingerprint density at radius 1 is 1.41 bits per heavy atom. The van der Waals surface area contributed by atoms with Gasteiger partial charge in [-0.15, -0.1) is 15.0 Å². The lowest BCUT2D eigenvalue weighted by atomic mass is 10.3. The molecule has 2 N–H and O–H groups in total. The highest BCUT2D eigenvalue weighted by atomic mass is 16.5. The molecule has 6 heteroatoms. The van der Waals surface area contributed by atoms with E-state index in [-0.39, 0.29) is 0 Å². The first-order valence-corrected chi connectivity index (χ1v) is 5.47. The van der Waals surface area contributed by atoms with Crippen LogP contribution >= 0.6 is 0 Å². The van der Waals surface area contributed by atoms with Gasteiger partial charge in [-0.05, 0) is 30.3 Å². The number of rotatable bonds is 5. The smallest absolute Gasteiger partial charge is 0.175 e. The van der Waals surface area contributed by atoms with Gasteiger partial charge >= 0.3 is 0 Å². The Hall–Kier alpha value is -1.95. The molecule has 0 fully saturated rings. The second-order valence-electron chi connectivity index (χ2n) is 3.59. The number of aromatic nitrogens is 4. The maximum absolute atomic E-state index is 5.43. The molecule has 0 amide bonds. The maximum atomic E-state index is 5.43. The molecule has 0 atom stereocenters. The quantitative estimate of drug-likeness (QED) is 0.816. The van der Waals surface area contributed by atoms with Gasteiger partial charge < -0.3 is 10.5 Å². The Balaban J connectivity index is 2.18. The van der Waals surface area contributed by atoms with Crippen LogP contribution in [0.4, 0.5) is 0 Å². The Morgan fingerprint density at radius 3 is 3.06 bits per heavy atom. The fraction of sp³-hybridized carbons (Fsp3) is 0.364. The van der Waals surface area contributed by atoms with Crippen LogP contribution in [0.2, 0.25) is 0 Å². The molecule has 0 aliphatic rings. The molecule has 2 rings (SSSR count). The van der Waals surface area contributed by atoms with Crippen molar-refractivity contribution in [2.75, 3.05) is 13.7 Å². The SMILES string of the molecule is COc1cccc(-n2nnc(CCCN)n2)c1. The van der Waals surface area contributed by atoms with Crippen molar-refractivity contribution in [3.8, 4) is 11.4 Å². The summed E-state index contributed by atoms with van der Waals surface area (Å²) < 4.78 is 5.14. The first-order valence-electron chi connectivity index (χ1n) is 5.47. The second-order valence-corrected chi connectivity index (χ2v) is 3.59. The van der Waals surface area contributed by atoms with E-state index >= 15 is 0 Å². The number of hydrogen-bond acceptors (Lipinski definition) is 5. The van der Waals surface area contributed by atoms with Gasteiger partial charge in [0.2, 0.25) is 0 Å². The topological polar surface area (TPSA) is 78.8 Å². The molecule has 0 unspecified atom stereocenters. The summed E-state index contributed by atoms with van der Waals surface area (Å²) in [4.78, 5) is 1.49. The van der Waals surface area contributed by atoms with Gasteiger partial charge in [0, 0.05) is 12.5 Å². The van der Waals surface area contributed by atoms with Crippen molar-refractivity contribution in [3.63, 3.8) is 0 Å². The Labute approximate surface area is 99.4 Å². The molecule has 90 valence electrons. The first kappa shape index (κ1) is 11.5. The van der Waals surface area contributed by atoms with E-state index in [1.165, 1.54) is 4.80 Å². The standard InChI is InChI=1S/C11H15N5O/c1-17-10-5-2-4-9(8-10)16-14-11(13-15-16)6-3-7-12/h2,4-5,8H,3,6-7,12H2,1H3. The maximum Gasteiger partial charge on any atom is 0.175 e. The van der Waals surface area contributed by atoms with Gasteiger partial charge in [0.05, 0.1) is 12.8 Å². The lowest BCUT2D eigenvalue weighted by molar-refractivity contribution is 0.414. The molecule has 6 nitrogen and oxygen atoms in total. The van der Waals surface area contributed by atoms with Crippen LogP contribution in [0.5, 0.6) is 5.75 Å². The predicted octanol–water partition coefficient (Wildman–Crippen LogP) is 0.562. The monoisotopic (exact) mass is 233 g/mol. The fourth-order valence-electron chi connectivity index (χ4n) is 1.45. The highest BCUT2D eigenvalue weighted by Gasteiger charge is 2.05. The number of tetrazole rings is 1. The van der Waals surface area contributed by atoms with Crippen LogP contribution in [-0.2, 0) is 6.42 Å². The highest BCUT2D eigenvalue weighted by Crippen LogP contribution is 2.14. The van der Waals surface area contributed by atoms with Crippen LogP contribution in [-0.4, -0.2) is 33.9 Å². The number of benzene rings is 1. The van der Waals surface area contributed by atoms with Crippen LogP contribution in [0.1, 0.15) is 12.2 Å². The minimum Gasteiger partial charge on any atom is -0.497 e. The zero-order chi connectivity index (χ0) is 12.1. The third kappa shape index (κ3) is 2.79. The van der Waals surface area contributed by atoms with Gasteiger partial charge in [0.1, 0.15) is 5.75 Å². The van der Waals surface area contributed by atoms with E-state index in [4.69, 9.17) is 10.5 Å². The minimum absolute atomic E-state index is 0.633. The first-order chi connectivity index (χ1) is 8.33. The van der Waals surface area contributed by atoms with Gasteiger partial charge in [-0.2, -0.15) is 0 Å². The zero-order valence-corrected chi connectivity index (χ0v) is 9.71. The van der Waals surface area contributed by atoms with Crippen molar-refractivity contribution < 1.29 is 4.74 Å². The zero-order valence-electron chi connectivity index (χ0n) is 9.71. The third-order valence-corrected chi connectivity index (χ3v) is 2.34. The molecule has 1 aromatic carbocycles. The second kappa shape index (κ2) is 5.40. The Bertz CT molecular complexity index is 482. The number of nitrogens with zero attached hydrogens (tertiary/aromatic N) is 4. The van der Waals surface area contributed by atoms with Crippen LogP contribution in [0, 0.1) is 0 Å². The van der Waals surface area contributed by atoms with Gasteiger partial charge in [-0.1, -0.05) is 6.07 Å². The summed E-state index contributed by atoms with van der Waals surface area (Å²) in [6, 6.07) is 7.51. The largest absolute Gasteiger partial charge is 0.497 e. The average Bonchev–Trinajstić information content (AvgIpc) is 2.85. The lowest BCUT2D eigenvalue weighted by Gasteiger charge is -2.01. The molecule has 0 saturated carbocycles. The molecule has 0 radical (unpaired) electrons. The highest BCUT2D eigenvalue weighted by molar-refractivity contribution is 5.37. The summed E-state index contributed by atoms with van der Waals surface area (Å²) in [5, 5.41) is 12.2. The van der Waals surface area contributed by atoms with Crippen LogP contribution in [0.15, 0.2) is 24.3 Å².